The molecule has 6 nitrogen and oxygen atoms in total. The highest BCUT2D eigenvalue weighted by Gasteiger charge is 2.16. The third kappa shape index (κ3) is 4.61. The van der Waals surface area contributed by atoms with E-state index in [1.54, 1.807) is 18.3 Å². The number of halogens is 1. The number of aliphatic hydroxyl groups is 1. The van der Waals surface area contributed by atoms with Gasteiger partial charge in [-0.25, -0.2) is 4.39 Å². The number of aromatic amines is 1. The molecule has 0 aliphatic carbocycles. The molecule has 2 heterocycles. The van der Waals surface area contributed by atoms with Crippen LogP contribution in [0.4, 0.5) is 4.39 Å². The van der Waals surface area contributed by atoms with Crippen molar-refractivity contribution in [3.8, 4) is 0 Å². The van der Waals surface area contributed by atoms with E-state index in [-0.39, 0.29) is 17.3 Å². The lowest BCUT2D eigenvalue weighted by Crippen LogP contribution is -2.23. The number of nitrogens with zero attached hydrogens (tertiary/aromatic N) is 1. The molecule has 0 aliphatic heterocycles. The largest absolute Gasteiger partial charge is 0.393 e. The summed E-state index contributed by atoms with van der Waals surface area (Å²) < 4.78 is 13.0. The highest BCUT2D eigenvalue weighted by molar-refractivity contribution is 5.95. The number of amides is 1. The first kappa shape index (κ1) is 19.7. The summed E-state index contributed by atoms with van der Waals surface area (Å²) in [4.78, 5) is 30.1. The maximum absolute atomic E-state index is 13.0. The average Bonchev–Trinajstić information content (AvgIpc) is 2.66. The van der Waals surface area contributed by atoms with Crippen LogP contribution in [0, 0.1) is 11.7 Å². The molecule has 0 saturated carbocycles. The van der Waals surface area contributed by atoms with E-state index in [0.29, 0.717) is 23.9 Å². The van der Waals surface area contributed by atoms with Gasteiger partial charge < -0.3 is 15.8 Å². The van der Waals surface area contributed by atoms with Crippen LogP contribution in [0.25, 0.3) is 11.0 Å². The first-order valence-electron chi connectivity index (χ1n) is 9.07. The van der Waals surface area contributed by atoms with Crippen molar-refractivity contribution in [2.75, 3.05) is 0 Å². The van der Waals surface area contributed by atoms with Crippen LogP contribution in [0.1, 0.15) is 34.8 Å². The number of H-pyrrole nitrogens is 1. The Morgan fingerprint density at radius 2 is 1.96 bits per heavy atom. The second-order valence-corrected chi connectivity index (χ2v) is 7.07. The maximum Gasteiger partial charge on any atom is 0.261 e. The summed E-state index contributed by atoms with van der Waals surface area (Å²) in [5.74, 6) is -1.06. The van der Waals surface area contributed by atoms with Gasteiger partial charge in [0.15, 0.2) is 0 Å². The number of primary amides is 1. The van der Waals surface area contributed by atoms with Crippen LogP contribution < -0.4 is 11.3 Å². The number of benzene rings is 1. The number of fused-ring (bicyclic) bond motifs is 1. The number of pyridine rings is 2. The Kier molecular flexibility index (Phi) is 5.84. The zero-order chi connectivity index (χ0) is 20.3. The lowest BCUT2D eigenvalue weighted by molar-refractivity contribution is 0.0999. The van der Waals surface area contributed by atoms with Gasteiger partial charge in [0, 0.05) is 6.20 Å². The summed E-state index contributed by atoms with van der Waals surface area (Å²) in [5.41, 5.74) is 7.34. The van der Waals surface area contributed by atoms with Crippen LogP contribution in [0.15, 0.2) is 47.4 Å². The molecule has 146 valence electrons. The van der Waals surface area contributed by atoms with E-state index < -0.39 is 17.6 Å². The number of aromatic nitrogens is 2. The van der Waals surface area contributed by atoms with Crippen LogP contribution in [0.2, 0.25) is 0 Å². The van der Waals surface area contributed by atoms with E-state index in [9.17, 15) is 19.1 Å². The highest BCUT2D eigenvalue weighted by Crippen LogP contribution is 2.18. The molecule has 1 amide bonds. The molecule has 4 N–H and O–H groups in total. The molecular formula is C21H22FN3O3. The molecule has 0 bridgehead atoms. The molecule has 3 rings (SSSR count). The molecule has 1 aromatic carbocycles. The third-order valence-corrected chi connectivity index (χ3v) is 4.92. The Morgan fingerprint density at radius 1 is 1.25 bits per heavy atom. The van der Waals surface area contributed by atoms with Crippen molar-refractivity contribution in [2.45, 2.75) is 32.3 Å². The molecule has 0 spiro atoms. The summed E-state index contributed by atoms with van der Waals surface area (Å²) >= 11 is 0. The van der Waals surface area contributed by atoms with Gasteiger partial charge in [-0.15, -0.1) is 0 Å². The van der Waals surface area contributed by atoms with Gasteiger partial charge in [0.2, 0.25) is 0 Å². The molecule has 0 fully saturated rings. The van der Waals surface area contributed by atoms with Gasteiger partial charge in [-0.3, -0.25) is 14.6 Å². The summed E-state index contributed by atoms with van der Waals surface area (Å²) in [6.07, 6.45) is 2.99. The van der Waals surface area contributed by atoms with Crippen LogP contribution in [0.3, 0.4) is 0 Å². The molecule has 2 unspecified atom stereocenters. The number of aliphatic hydroxyl groups excluding tert-OH is 1. The van der Waals surface area contributed by atoms with Gasteiger partial charge in [-0.1, -0.05) is 19.1 Å². The van der Waals surface area contributed by atoms with Crippen LogP contribution in [-0.4, -0.2) is 27.1 Å². The van der Waals surface area contributed by atoms with Gasteiger partial charge in [0.25, 0.3) is 11.5 Å². The predicted octanol–water partition coefficient (Wildman–Crippen LogP) is 2.33. The van der Waals surface area contributed by atoms with E-state index >= 15 is 0 Å². The van der Waals surface area contributed by atoms with Gasteiger partial charge in [-0.2, -0.15) is 0 Å². The number of carbonyl (C=O) groups is 1. The fourth-order valence-corrected chi connectivity index (χ4v) is 3.10. The standard InChI is InChI=1S/C21H22FN3O3/c1-12(19(26)9-13-4-6-15(22)7-5-13)2-3-14-8-18-17(24-11-14)10-16(20(23)27)21(28)25-18/h4-8,10-12,19,26H,2-3,9H2,1H3,(H2,23,27)(H,25,28). The zero-order valence-electron chi connectivity index (χ0n) is 15.5. The van der Waals surface area contributed by atoms with E-state index in [4.69, 9.17) is 5.73 Å². The Bertz CT molecular complexity index is 1050. The fraction of sp³-hybridized carbons (Fsp3) is 0.286. The number of hydrogen-bond acceptors (Lipinski definition) is 4. The predicted molar refractivity (Wildman–Crippen MR) is 104 cm³/mol. The zero-order valence-corrected chi connectivity index (χ0v) is 15.5. The molecular weight excluding hydrogens is 361 g/mol. The molecule has 2 aromatic heterocycles. The van der Waals surface area contributed by atoms with Gasteiger partial charge in [0.05, 0.1) is 17.1 Å². The average molecular weight is 383 g/mol. The molecule has 0 aliphatic rings. The summed E-state index contributed by atoms with van der Waals surface area (Å²) in [7, 11) is 0. The molecule has 7 heteroatoms. The van der Waals surface area contributed by atoms with E-state index in [2.05, 4.69) is 9.97 Å². The normalized spacial score (nSPS) is 13.4. The first-order chi connectivity index (χ1) is 13.3. The van der Waals surface area contributed by atoms with Crippen molar-refractivity contribution >= 4 is 16.9 Å². The Balaban J connectivity index is 1.65. The fourth-order valence-electron chi connectivity index (χ4n) is 3.10. The molecule has 0 saturated heterocycles. The number of nitrogens with one attached hydrogen (secondary N) is 1. The quantitative estimate of drug-likeness (QED) is 0.582. The van der Waals surface area contributed by atoms with Gasteiger partial charge in [0.1, 0.15) is 11.4 Å². The number of hydrogen-bond donors (Lipinski definition) is 3. The number of nitrogens with two attached hydrogens (primary N) is 1. The van der Waals surface area contributed by atoms with Gasteiger partial charge in [-0.05, 0) is 60.6 Å². The van der Waals surface area contributed by atoms with Crippen LogP contribution >= 0.6 is 0 Å². The number of aryl methyl sites for hydroxylation is 1. The van der Waals surface area contributed by atoms with Crippen LogP contribution in [0.5, 0.6) is 0 Å². The van der Waals surface area contributed by atoms with E-state index in [1.165, 1.54) is 18.2 Å². The lowest BCUT2D eigenvalue weighted by Gasteiger charge is -2.19. The molecule has 28 heavy (non-hydrogen) atoms. The minimum Gasteiger partial charge on any atom is -0.393 e. The first-order valence-corrected chi connectivity index (χ1v) is 9.07. The number of rotatable bonds is 7. The summed E-state index contributed by atoms with van der Waals surface area (Å²) in [6.45, 7) is 1.96. The topological polar surface area (TPSA) is 109 Å². The molecule has 3 aromatic rings. The number of carbonyl (C=O) groups excluding carboxylic acids is 1. The molecule has 2 atom stereocenters. The van der Waals surface area contributed by atoms with E-state index in [0.717, 1.165) is 17.5 Å². The SMILES string of the molecule is CC(CCc1cnc2cc(C(N)=O)c(=O)[nH]c2c1)C(O)Cc1ccc(F)cc1. The van der Waals surface area contributed by atoms with Gasteiger partial charge >= 0.3 is 0 Å². The van der Waals surface area contributed by atoms with Crippen LogP contribution in [-0.2, 0) is 12.8 Å². The van der Waals surface area contributed by atoms with Crippen molar-refractivity contribution in [3.05, 3.63) is 75.5 Å². The summed E-state index contributed by atoms with van der Waals surface area (Å²) in [6, 6.07) is 9.32. The third-order valence-electron chi connectivity index (χ3n) is 4.92. The van der Waals surface area contributed by atoms with E-state index in [1.807, 2.05) is 13.0 Å². The minimum atomic E-state index is -0.794. The highest BCUT2D eigenvalue weighted by atomic mass is 19.1. The smallest absolute Gasteiger partial charge is 0.261 e. The Hall–Kier alpha value is -3.06. The Labute approximate surface area is 161 Å². The second-order valence-electron chi connectivity index (χ2n) is 7.07. The van der Waals surface area contributed by atoms with Crippen molar-refractivity contribution < 1.29 is 14.3 Å². The maximum atomic E-state index is 13.0. The van der Waals surface area contributed by atoms with Crippen molar-refractivity contribution in [3.63, 3.8) is 0 Å². The van der Waals surface area contributed by atoms with Crippen molar-refractivity contribution in [2.24, 2.45) is 11.7 Å². The summed E-state index contributed by atoms with van der Waals surface area (Å²) in [5, 5.41) is 10.4. The Morgan fingerprint density at radius 3 is 2.64 bits per heavy atom. The monoisotopic (exact) mass is 383 g/mol. The minimum absolute atomic E-state index is 0.0250. The lowest BCUT2D eigenvalue weighted by atomic mass is 9.92. The van der Waals surface area contributed by atoms with Crippen molar-refractivity contribution in [1.82, 2.24) is 9.97 Å². The molecule has 0 radical (unpaired) electrons. The second kappa shape index (κ2) is 8.31. The van der Waals surface area contributed by atoms with Crippen molar-refractivity contribution in [1.29, 1.82) is 0 Å².